The summed E-state index contributed by atoms with van der Waals surface area (Å²) in [6.45, 7) is 2.91. The Morgan fingerprint density at radius 3 is 2.60 bits per heavy atom. The van der Waals surface area contributed by atoms with Crippen molar-refractivity contribution in [1.29, 1.82) is 0 Å². The van der Waals surface area contributed by atoms with Crippen LogP contribution < -0.4 is 0 Å². The van der Waals surface area contributed by atoms with E-state index in [2.05, 4.69) is 4.99 Å². The summed E-state index contributed by atoms with van der Waals surface area (Å²) in [6, 6.07) is 13.7. The molecule has 0 aliphatic carbocycles. The third-order valence-corrected chi connectivity index (χ3v) is 4.97. The molecule has 3 aromatic rings. The number of nitrogens with zero attached hydrogens (tertiary/aromatic N) is 1. The van der Waals surface area contributed by atoms with Gasteiger partial charge in [0, 0.05) is 22.1 Å². The van der Waals surface area contributed by atoms with Gasteiger partial charge in [-0.1, -0.05) is 36.5 Å². The highest BCUT2D eigenvalue weighted by atomic mass is 32.1. The van der Waals surface area contributed by atoms with Gasteiger partial charge in [-0.2, -0.15) is 8.78 Å². The summed E-state index contributed by atoms with van der Waals surface area (Å²) in [7, 11) is 0. The Morgan fingerprint density at radius 1 is 1.04 bits per heavy atom. The number of fused-ring (bicyclic) bond motifs is 2. The lowest BCUT2D eigenvalue weighted by Gasteiger charge is -2.37. The van der Waals surface area contributed by atoms with Crippen LogP contribution in [0, 0.1) is 4.51 Å². The maximum absolute atomic E-state index is 14.8. The van der Waals surface area contributed by atoms with Gasteiger partial charge in [0.1, 0.15) is 11.1 Å². The molecule has 2 heterocycles. The Labute approximate surface area is 148 Å². The highest BCUT2D eigenvalue weighted by Gasteiger charge is 2.52. The molecule has 25 heavy (non-hydrogen) atoms. The summed E-state index contributed by atoms with van der Waals surface area (Å²) in [4.78, 5) is 4.42. The van der Waals surface area contributed by atoms with Gasteiger partial charge >= 0.3 is 0 Å². The number of benzene rings is 2. The van der Waals surface area contributed by atoms with Gasteiger partial charge in [0.2, 0.25) is 0 Å². The van der Waals surface area contributed by atoms with Crippen LogP contribution in [-0.2, 0) is 5.92 Å². The SMILES string of the molecule is CC1(C)N=C(c2ccc3occc(=S)c3c2)c2ccccc2C1(F)F. The minimum atomic E-state index is -3.04. The molecule has 0 spiro atoms. The van der Waals surface area contributed by atoms with Gasteiger partial charge in [-0.05, 0) is 38.1 Å². The van der Waals surface area contributed by atoms with Gasteiger partial charge in [-0.3, -0.25) is 4.99 Å². The molecule has 2 nitrogen and oxygen atoms in total. The van der Waals surface area contributed by atoms with Crippen molar-refractivity contribution in [3.05, 3.63) is 76.0 Å². The largest absolute Gasteiger partial charge is 0.464 e. The maximum atomic E-state index is 14.8. The van der Waals surface area contributed by atoms with Crippen LogP contribution in [0.2, 0.25) is 0 Å². The van der Waals surface area contributed by atoms with E-state index in [-0.39, 0.29) is 5.56 Å². The first-order valence-corrected chi connectivity index (χ1v) is 8.31. The summed E-state index contributed by atoms with van der Waals surface area (Å²) in [5.74, 6) is -3.04. The zero-order valence-electron chi connectivity index (χ0n) is 13.7. The van der Waals surface area contributed by atoms with Crippen LogP contribution in [0.15, 0.2) is 64.2 Å². The topological polar surface area (TPSA) is 25.5 Å². The van der Waals surface area contributed by atoms with Crippen molar-refractivity contribution in [2.45, 2.75) is 25.3 Å². The quantitative estimate of drug-likeness (QED) is 0.509. The average molecular weight is 355 g/mol. The molecule has 0 atom stereocenters. The van der Waals surface area contributed by atoms with E-state index in [1.165, 1.54) is 19.9 Å². The molecular weight excluding hydrogens is 340 g/mol. The maximum Gasteiger partial charge on any atom is 0.297 e. The number of rotatable bonds is 1. The lowest BCUT2D eigenvalue weighted by atomic mass is 9.81. The second-order valence-corrected chi connectivity index (χ2v) is 7.08. The van der Waals surface area contributed by atoms with E-state index < -0.39 is 11.5 Å². The highest BCUT2D eigenvalue weighted by molar-refractivity contribution is 7.71. The molecule has 5 heteroatoms. The zero-order valence-corrected chi connectivity index (χ0v) is 14.5. The van der Waals surface area contributed by atoms with E-state index in [4.69, 9.17) is 16.6 Å². The van der Waals surface area contributed by atoms with Gasteiger partial charge in [0.05, 0.1) is 16.5 Å². The first-order valence-electron chi connectivity index (χ1n) is 7.91. The van der Waals surface area contributed by atoms with Crippen molar-refractivity contribution in [2.24, 2.45) is 4.99 Å². The smallest absolute Gasteiger partial charge is 0.297 e. The molecule has 0 saturated carbocycles. The molecule has 0 saturated heterocycles. The third kappa shape index (κ3) is 2.34. The molecule has 0 unspecified atom stereocenters. The van der Waals surface area contributed by atoms with Crippen molar-refractivity contribution in [3.63, 3.8) is 0 Å². The monoisotopic (exact) mass is 355 g/mol. The molecule has 1 aliphatic rings. The van der Waals surface area contributed by atoms with Gasteiger partial charge in [0.15, 0.2) is 0 Å². The molecule has 2 aromatic carbocycles. The summed E-state index contributed by atoms with van der Waals surface area (Å²) >= 11 is 5.35. The van der Waals surface area contributed by atoms with Gasteiger partial charge in [-0.15, -0.1) is 0 Å². The number of hydrogen-bond donors (Lipinski definition) is 0. The van der Waals surface area contributed by atoms with E-state index >= 15 is 0 Å². The molecule has 126 valence electrons. The first kappa shape index (κ1) is 16.1. The lowest BCUT2D eigenvalue weighted by molar-refractivity contribution is -0.0681. The Hall–Kier alpha value is -2.40. The molecule has 4 rings (SSSR count). The molecule has 1 aliphatic heterocycles. The van der Waals surface area contributed by atoms with Crippen molar-refractivity contribution in [3.8, 4) is 0 Å². The Morgan fingerprint density at radius 2 is 1.80 bits per heavy atom. The molecule has 0 bridgehead atoms. The molecular formula is C20H15F2NOS. The minimum absolute atomic E-state index is 0.00134. The number of aliphatic imine (C=N–C) groups is 1. The Balaban J connectivity index is 2.01. The highest BCUT2D eigenvalue weighted by Crippen LogP contribution is 2.46. The van der Waals surface area contributed by atoms with Gasteiger partial charge in [-0.25, -0.2) is 0 Å². The number of halogens is 2. The van der Waals surface area contributed by atoms with Crippen LogP contribution >= 0.6 is 12.2 Å². The summed E-state index contributed by atoms with van der Waals surface area (Å²) < 4.78 is 35.8. The normalized spacial score (nSPS) is 17.8. The summed E-state index contributed by atoms with van der Waals surface area (Å²) in [5, 5.41) is 0.769. The van der Waals surface area contributed by atoms with E-state index in [9.17, 15) is 8.78 Å². The fourth-order valence-corrected chi connectivity index (χ4v) is 3.37. The van der Waals surface area contributed by atoms with Crippen LogP contribution in [0.4, 0.5) is 8.78 Å². The zero-order chi connectivity index (χ0) is 17.8. The van der Waals surface area contributed by atoms with E-state index in [0.717, 1.165) is 10.9 Å². The van der Waals surface area contributed by atoms with Crippen LogP contribution in [0.5, 0.6) is 0 Å². The predicted octanol–water partition coefficient (Wildman–Crippen LogP) is 5.88. The van der Waals surface area contributed by atoms with Crippen molar-refractivity contribution >= 4 is 28.9 Å². The number of hydrogen-bond acceptors (Lipinski definition) is 3. The molecule has 0 radical (unpaired) electrons. The molecule has 0 N–H and O–H groups in total. The minimum Gasteiger partial charge on any atom is -0.464 e. The van der Waals surface area contributed by atoms with E-state index in [0.29, 0.717) is 21.4 Å². The Bertz CT molecular complexity index is 1080. The van der Waals surface area contributed by atoms with Crippen LogP contribution in [0.1, 0.15) is 30.5 Å². The second-order valence-electron chi connectivity index (χ2n) is 6.64. The van der Waals surface area contributed by atoms with Crippen LogP contribution in [0.3, 0.4) is 0 Å². The standard InChI is InChI=1S/C20H15F2NOS/c1-19(2)20(21,22)15-6-4-3-5-13(15)18(23-19)12-7-8-16-14(11-12)17(25)9-10-24-16/h3-11H,1-2H3. The number of alkyl halides is 2. The predicted molar refractivity (Wildman–Crippen MR) is 97.1 cm³/mol. The van der Waals surface area contributed by atoms with Crippen molar-refractivity contribution in [2.75, 3.05) is 0 Å². The van der Waals surface area contributed by atoms with Gasteiger partial charge < -0.3 is 4.42 Å². The molecule has 0 fully saturated rings. The van der Waals surface area contributed by atoms with Crippen LogP contribution in [0.25, 0.3) is 11.0 Å². The second kappa shape index (κ2) is 5.30. The fourth-order valence-electron chi connectivity index (χ4n) is 3.15. The van der Waals surface area contributed by atoms with Crippen molar-refractivity contribution in [1.82, 2.24) is 0 Å². The van der Waals surface area contributed by atoms with E-state index in [1.54, 1.807) is 36.6 Å². The fraction of sp³-hybridized carbons (Fsp3) is 0.200. The Kier molecular flexibility index (Phi) is 3.41. The van der Waals surface area contributed by atoms with Crippen LogP contribution in [-0.4, -0.2) is 11.3 Å². The average Bonchev–Trinajstić information content (AvgIpc) is 2.59. The molecule has 0 amide bonds. The van der Waals surface area contributed by atoms with E-state index in [1.807, 2.05) is 12.1 Å². The van der Waals surface area contributed by atoms with Gasteiger partial charge in [0.25, 0.3) is 5.92 Å². The molecule has 1 aromatic heterocycles. The van der Waals surface area contributed by atoms with Crippen molar-refractivity contribution < 1.29 is 13.2 Å². The third-order valence-electron chi connectivity index (χ3n) is 4.61. The lowest BCUT2D eigenvalue weighted by Crippen LogP contribution is -2.44. The summed E-state index contributed by atoms with van der Waals surface area (Å²) in [6.07, 6.45) is 1.54. The summed E-state index contributed by atoms with van der Waals surface area (Å²) in [5.41, 5.74) is 0.864. The first-order chi connectivity index (χ1) is 11.8.